The summed E-state index contributed by atoms with van der Waals surface area (Å²) >= 11 is 0. The van der Waals surface area contributed by atoms with E-state index in [9.17, 15) is 26.3 Å². The van der Waals surface area contributed by atoms with E-state index in [1.165, 1.54) is 6.07 Å². The Morgan fingerprint density at radius 2 is 1.08 bits per heavy atom. The molecule has 1 heterocycles. The van der Waals surface area contributed by atoms with Crippen LogP contribution in [0.1, 0.15) is 33.5 Å². The number of rotatable bonds is 9. The second-order valence-corrected chi connectivity index (χ2v) is 8.47. The van der Waals surface area contributed by atoms with Crippen LogP contribution in [-0.4, -0.2) is 10.2 Å². The van der Waals surface area contributed by atoms with Crippen LogP contribution in [0.2, 0.25) is 0 Å². The first-order valence-corrected chi connectivity index (χ1v) is 11.6. The van der Waals surface area contributed by atoms with E-state index in [0.29, 0.717) is 17.8 Å². The van der Waals surface area contributed by atoms with Crippen molar-refractivity contribution in [3.05, 3.63) is 118 Å². The van der Waals surface area contributed by atoms with E-state index >= 15 is 0 Å². The lowest BCUT2D eigenvalue weighted by molar-refractivity contribution is -0.143. The largest absolute Gasteiger partial charge is 0.483 e. The molecule has 0 saturated carbocycles. The monoisotopic (exact) mass is 532 g/mol. The maximum absolute atomic E-state index is 13.2. The normalized spacial score (nSPS) is 11.8. The molecule has 4 nitrogen and oxygen atoms in total. The molecule has 0 atom stereocenters. The van der Waals surface area contributed by atoms with Crippen LogP contribution in [0.4, 0.5) is 26.3 Å². The number of benzene rings is 3. The van der Waals surface area contributed by atoms with Gasteiger partial charge in [-0.1, -0.05) is 60.7 Å². The summed E-state index contributed by atoms with van der Waals surface area (Å²) in [5.41, 5.74) is -0.743. The van der Waals surface area contributed by atoms with E-state index in [2.05, 4.69) is 10.2 Å². The van der Waals surface area contributed by atoms with Crippen LogP contribution < -0.4 is 9.47 Å². The molecule has 0 saturated heterocycles. The minimum absolute atomic E-state index is 0.0340. The summed E-state index contributed by atoms with van der Waals surface area (Å²) in [6, 6.07) is 21.7. The average Bonchev–Trinajstić information content (AvgIpc) is 2.90. The van der Waals surface area contributed by atoms with Gasteiger partial charge in [-0.3, -0.25) is 0 Å². The lowest BCUT2D eigenvalue weighted by Crippen LogP contribution is -2.12. The molecule has 4 rings (SSSR count). The molecule has 0 aliphatic heterocycles. The number of ether oxygens (including phenoxy) is 2. The number of hydrogen-bond acceptors (Lipinski definition) is 4. The van der Waals surface area contributed by atoms with Gasteiger partial charge in [0, 0.05) is 6.07 Å². The number of aryl methyl sites for hydroxylation is 2. The Hall–Kier alpha value is -4.08. The molecule has 0 N–H and O–H groups in total. The highest BCUT2D eigenvalue weighted by Crippen LogP contribution is 2.36. The van der Waals surface area contributed by atoms with Crippen LogP contribution in [0.15, 0.2) is 84.9 Å². The van der Waals surface area contributed by atoms with Crippen molar-refractivity contribution < 1.29 is 35.8 Å². The smallest absolute Gasteiger partial charge is 0.416 e. The van der Waals surface area contributed by atoms with Gasteiger partial charge in [0.2, 0.25) is 0 Å². The third-order valence-electron chi connectivity index (χ3n) is 5.55. The quantitative estimate of drug-likeness (QED) is 0.210. The van der Waals surface area contributed by atoms with Gasteiger partial charge in [-0.05, 0) is 47.7 Å². The van der Waals surface area contributed by atoms with E-state index in [0.717, 1.165) is 11.1 Å². The molecular weight excluding hydrogens is 510 g/mol. The molecule has 4 aromatic rings. The maximum Gasteiger partial charge on any atom is 0.416 e. The predicted molar refractivity (Wildman–Crippen MR) is 127 cm³/mol. The first kappa shape index (κ1) is 27.0. The first-order chi connectivity index (χ1) is 18.1. The van der Waals surface area contributed by atoms with Crippen molar-refractivity contribution >= 4 is 0 Å². The van der Waals surface area contributed by atoms with Gasteiger partial charge >= 0.3 is 12.4 Å². The van der Waals surface area contributed by atoms with Gasteiger partial charge in [-0.15, -0.1) is 5.10 Å². The van der Waals surface area contributed by atoms with E-state index in [1.807, 2.05) is 60.7 Å². The number of hydrogen-bond donors (Lipinski definition) is 0. The fourth-order valence-corrected chi connectivity index (χ4v) is 3.62. The second-order valence-electron chi connectivity index (χ2n) is 8.47. The third kappa shape index (κ3) is 7.47. The molecule has 0 aliphatic rings. The summed E-state index contributed by atoms with van der Waals surface area (Å²) < 4.78 is 90.9. The van der Waals surface area contributed by atoms with Crippen LogP contribution in [0, 0.1) is 0 Å². The molecule has 198 valence electrons. The van der Waals surface area contributed by atoms with Gasteiger partial charge in [0.15, 0.2) is 5.75 Å². The zero-order chi connectivity index (χ0) is 27.2. The molecule has 0 amide bonds. The Morgan fingerprint density at radius 1 is 0.553 bits per heavy atom. The Bertz CT molecular complexity index is 1310. The number of halogens is 6. The average molecular weight is 532 g/mol. The third-order valence-corrected chi connectivity index (χ3v) is 5.55. The summed E-state index contributed by atoms with van der Waals surface area (Å²) in [5.74, 6) is 0.377. The highest BCUT2D eigenvalue weighted by Gasteiger charge is 2.36. The van der Waals surface area contributed by atoms with Crippen molar-refractivity contribution in [3.63, 3.8) is 0 Å². The van der Waals surface area contributed by atoms with Crippen LogP contribution in [0.3, 0.4) is 0 Å². The molecule has 3 aromatic carbocycles. The predicted octanol–water partition coefficient (Wildman–Crippen LogP) is 7.46. The van der Waals surface area contributed by atoms with Gasteiger partial charge in [0.1, 0.15) is 13.2 Å². The van der Waals surface area contributed by atoms with Crippen molar-refractivity contribution in [1.82, 2.24) is 10.2 Å². The summed E-state index contributed by atoms with van der Waals surface area (Å²) in [5, 5.41) is 8.14. The molecule has 10 heteroatoms. The van der Waals surface area contributed by atoms with Crippen molar-refractivity contribution in [3.8, 4) is 11.6 Å². The molecule has 0 bridgehead atoms. The second kappa shape index (κ2) is 11.5. The lowest BCUT2D eigenvalue weighted by Gasteiger charge is -2.15. The van der Waals surface area contributed by atoms with Gasteiger partial charge in [-0.25, -0.2) is 0 Å². The van der Waals surface area contributed by atoms with Crippen LogP contribution in [-0.2, 0) is 38.4 Å². The molecule has 0 spiro atoms. The zero-order valence-electron chi connectivity index (χ0n) is 19.9. The molecule has 1 aromatic heterocycles. The highest BCUT2D eigenvalue weighted by molar-refractivity contribution is 5.36. The van der Waals surface area contributed by atoms with E-state index in [1.54, 1.807) is 0 Å². The van der Waals surface area contributed by atoms with Gasteiger partial charge in [0.05, 0.1) is 16.8 Å². The Balaban J connectivity index is 1.55. The van der Waals surface area contributed by atoms with Gasteiger partial charge < -0.3 is 9.47 Å². The Kier molecular flexibility index (Phi) is 8.19. The minimum Gasteiger partial charge on any atom is -0.483 e. The number of alkyl halides is 6. The van der Waals surface area contributed by atoms with Crippen molar-refractivity contribution in [2.75, 3.05) is 0 Å². The molecule has 0 fully saturated rings. The zero-order valence-corrected chi connectivity index (χ0v) is 19.9. The van der Waals surface area contributed by atoms with Crippen molar-refractivity contribution in [1.29, 1.82) is 0 Å². The Morgan fingerprint density at radius 3 is 1.61 bits per heavy atom. The SMILES string of the molecule is FC(F)(F)c1cc(CCc2cc(OCc3ccccc3)c(OCc3ccccc3)nn2)cc(C(F)(F)F)c1. The van der Waals surface area contributed by atoms with Crippen LogP contribution in [0.25, 0.3) is 0 Å². The number of aromatic nitrogens is 2. The summed E-state index contributed by atoms with van der Waals surface area (Å²) in [6.45, 7) is 0.386. The van der Waals surface area contributed by atoms with Crippen molar-refractivity contribution in [2.24, 2.45) is 0 Å². The molecule has 0 aliphatic carbocycles. The van der Waals surface area contributed by atoms with E-state index < -0.39 is 23.5 Å². The van der Waals surface area contributed by atoms with Gasteiger partial charge in [0.25, 0.3) is 5.88 Å². The van der Waals surface area contributed by atoms with Crippen molar-refractivity contribution in [2.45, 2.75) is 38.4 Å². The summed E-state index contributed by atoms with van der Waals surface area (Å²) in [6.07, 6.45) is -9.91. The van der Waals surface area contributed by atoms with E-state index in [4.69, 9.17) is 9.47 Å². The fourth-order valence-electron chi connectivity index (χ4n) is 3.62. The summed E-state index contributed by atoms with van der Waals surface area (Å²) in [7, 11) is 0. The fraction of sp³-hybridized carbons (Fsp3) is 0.214. The van der Waals surface area contributed by atoms with Crippen LogP contribution >= 0.6 is 0 Å². The topological polar surface area (TPSA) is 44.2 Å². The molecule has 0 radical (unpaired) electrons. The molecule has 0 unspecified atom stereocenters. The maximum atomic E-state index is 13.2. The lowest BCUT2D eigenvalue weighted by atomic mass is 10.0. The molecule has 38 heavy (non-hydrogen) atoms. The highest BCUT2D eigenvalue weighted by atomic mass is 19.4. The minimum atomic E-state index is -4.91. The van der Waals surface area contributed by atoms with Gasteiger partial charge in [-0.2, -0.15) is 31.4 Å². The van der Waals surface area contributed by atoms with Crippen LogP contribution in [0.5, 0.6) is 11.6 Å². The Labute approximate surface area is 214 Å². The number of nitrogens with zero attached hydrogens (tertiary/aromatic N) is 2. The first-order valence-electron chi connectivity index (χ1n) is 11.6. The standard InChI is InChI=1S/C28H22F6N2O2/c29-27(30,31)22-13-21(14-23(15-22)28(32,33)34)11-12-24-16-25(37-17-19-7-3-1-4-8-19)26(36-35-24)38-18-20-9-5-2-6-10-20/h1-10,13-16H,11-12,17-18H2. The summed E-state index contributed by atoms with van der Waals surface area (Å²) in [4.78, 5) is 0. The molecular formula is C28H22F6N2O2. The van der Waals surface area contributed by atoms with E-state index in [-0.39, 0.29) is 49.3 Å².